The number of hydrogen-bond donors (Lipinski definition) is 2. The van der Waals surface area contributed by atoms with Crippen LogP contribution < -0.4 is 10.0 Å². The monoisotopic (exact) mass is 429 g/mol. The molecule has 1 aliphatic rings. The molecule has 1 atom stereocenters. The van der Waals surface area contributed by atoms with Crippen LogP contribution in [0.2, 0.25) is 0 Å². The first-order valence-corrected chi connectivity index (χ1v) is 11.9. The van der Waals surface area contributed by atoms with Gasteiger partial charge in [-0.2, -0.15) is 0 Å². The van der Waals surface area contributed by atoms with E-state index in [4.69, 9.17) is 0 Å². The van der Waals surface area contributed by atoms with Gasteiger partial charge in [0.25, 0.3) is 0 Å². The van der Waals surface area contributed by atoms with Crippen LogP contribution in [0.25, 0.3) is 0 Å². The standard InChI is InChI=1S/C23H31N3O3S/c1-17(2)25-30(28,29)15-20-13-9-8-12-19(20)14-24-22(27)26-16-23(3,4)21(26)18-10-6-5-7-11-18/h5-13,17,21,25H,14-16H2,1-4H3,(H,24,27). The zero-order valence-corrected chi connectivity index (χ0v) is 18.9. The van der Waals surface area contributed by atoms with Crippen LogP contribution in [0.15, 0.2) is 54.6 Å². The van der Waals surface area contributed by atoms with E-state index in [1.807, 2.05) is 53.4 Å². The Morgan fingerprint density at radius 1 is 1.07 bits per heavy atom. The molecule has 3 rings (SSSR count). The zero-order chi connectivity index (χ0) is 21.9. The minimum absolute atomic E-state index is 0.00714. The number of nitrogens with one attached hydrogen (secondary N) is 2. The van der Waals surface area contributed by atoms with Crippen molar-refractivity contribution in [3.05, 3.63) is 71.3 Å². The van der Waals surface area contributed by atoms with E-state index in [0.717, 1.165) is 11.1 Å². The molecule has 30 heavy (non-hydrogen) atoms. The lowest BCUT2D eigenvalue weighted by molar-refractivity contribution is -0.0165. The lowest BCUT2D eigenvalue weighted by Gasteiger charge is -2.54. The quantitative estimate of drug-likeness (QED) is 0.703. The van der Waals surface area contributed by atoms with Gasteiger partial charge in [0.05, 0.1) is 11.8 Å². The fourth-order valence-corrected chi connectivity index (χ4v) is 5.62. The summed E-state index contributed by atoms with van der Waals surface area (Å²) in [5.74, 6) is -0.111. The van der Waals surface area contributed by atoms with E-state index in [9.17, 15) is 13.2 Å². The third-order valence-corrected chi connectivity index (χ3v) is 6.84. The second-order valence-electron chi connectivity index (χ2n) is 8.89. The van der Waals surface area contributed by atoms with Crippen molar-refractivity contribution in [2.75, 3.05) is 6.54 Å². The first kappa shape index (κ1) is 22.3. The lowest BCUT2D eigenvalue weighted by atomic mass is 9.72. The summed E-state index contributed by atoms with van der Waals surface area (Å²) in [6, 6.07) is 17.1. The number of nitrogens with zero attached hydrogens (tertiary/aromatic N) is 1. The summed E-state index contributed by atoms with van der Waals surface area (Å²) in [6.45, 7) is 8.87. The third-order valence-electron chi connectivity index (χ3n) is 5.32. The molecule has 162 valence electrons. The first-order chi connectivity index (χ1) is 14.1. The fraction of sp³-hybridized carbons (Fsp3) is 0.435. The minimum Gasteiger partial charge on any atom is -0.334 e. The molecule has 0 radical (unpaired) electrons. The molecule has 0 saturated carbocycles. The number of carbonyl (C=O) groups excluding carboxylic acids is 1. The van der Waals surface area contributed by atoms with Gasteiger partial charge in [-0.25, -0.2) is 17.9 Å². The highest BCUT2D eigenvalue weighted by Gasteiger charge is 2.48. The molecular formula is C23H31N3O3S. The predicted molar refractivity (Wildman–Crippen MR) is 119 cm³/mol. The van der Waals surface area contributed by atoms with Crippen molar-refractivity contribution < 1.29 is 13.2 Å². The van der Waals surface area contributed by atoms with Crippen LogP contribution in [0.5, 0.6) is 0 Å². The molecule has 2 amide bonds. The lowest BCUT2D eigenvalue weighted by Crippen LogP contribution is -2.60. The van der Waals surface area contributed by atoms with E-state index >= 15 is 0 Å². The molecule has 2 N–H and O–H groups in total. The number of amides is 2. The minimum atomic E-state index is -3.44. The number of urea groups is 1. The van der Waals surface area contributed by atoms with Crippen molar-refractivity contribution in [3.63, 3.8) is 0 Å². The third kappa shape index (κ3) is 5.21. The summed E-state index contributed by atoms with van der Waals surface area (Å²) in [4.78, 5) is 14.7. The number of hydrogen-bond acceptors (Lipinski definition) is 3. The fourth-order valence-electron chi connectivity index (χ4n) is 4.13. The molecule has 1 aliphatic heterocycles. The van der Waals surface area contributed by atoms with Gasteiger partial charge in [-0.1, -0.05) is 68.4 Å². The summed E-state index contributed by atoms with van der Waals surface area (Å²) in [5.41, 5.74) is 2.62. The van der Waals surface area contributed by atoms with Crippen molar-refractivity contribution >= 4 is 16.1 Å². The van der Waals surface area contributed by atoms with E-state index in [0.29, 0.717) is 12.1 Å². The Morgan fingerprint density at radius 3 is 2.27 bits per heavy atom. The predicted octanol–water partition coefficient (Wildman–Crippen LogP) is 3.81. The van der Waals surface area contributed by atoms with Gasteiger partial charge in [0.15, 0.2) is 0 Å². The summed E-state index contributed by atoms with van der Waals surface area (Å²) in [6.07, 6.45) is 0. The maximum Gasteiger partial charge on any atom is 0.318 e. The van der Waals surface area contributed by atoms with Crippen molar-refractivity contribution in [2.24, 2.45) is 5.41 Å². The highest BCUT2D eigenvalue weighted by Crippen LogP contribution is 2.48. The molecule has 1 unspecified atom stereocenters. The molecule has 1 saturated heterocycles. The summed E-state index contributed by atoms with van der Waals surface area (Å²) < 4.78 is 27.3. The second-order valence-corrected chi connectivity index (χ2v) is 10.6. The van der Waals surface area contributed by atoms with Gasteiger partial charge in [-0.3, -0.25) is 0 Å². The Balaban J connectivity index is 1.68. The van der Waals surface area contributed by atoms with Crippen LogP contribution in [0.4, 0.5) is 4.79 Å². The molecule has 1 heterocycles. The molecule has 2 aromatic rings. The molecule has 1 fully saturated rings. The normalized spacial score (nSPS) is 18.2. The summed E-state index contributed by atoms with van der Waals surface area (Å²) in [7, 11) is -3.44. The van der Waals surface area contributed by atoms with E-state index in [1.54, 1.807) is 19.9 Å². The van der Waals surface area contributed by atoms with Crippen molar-refractivity contribution in [3.8, 4) is 0 Å². The smallest absolute Gasteiger partial charge is 0.318 e. The van der Waals surface area contributed by atoms with E-state index in [-0.39, 0.29) is 35.8 Å². The topological polar surface area (TPSA) is 78.5 Å². The molecule has 0 bridgehead atoms. The Kier molecular flexibility index (Phi) is 6.53. The van der Waals surface area contributed by atoms with Gasteiger partial charge in [-0.05, 0) is 30.5 Å². The van der Waals surface area contributed by atoms with Crippen molar-refractivity contribution in [1.29, 1.82) is 0 Å². The van der Waals surface area contributed by atoms with Crippen molar-refractivity contribution in [2.45, 2.75) is 52.1 Å². The summed E-state index contributed by atoms with van der Waals surface area (Å²) >= 11 is 0. The highest BCUT2D eigenvalue weighted by molar-refractivity contribution is 7.88. The van der Waals surface area contributed by atoms with Gasteiger partial charge < -0.3 is 10.2 Å². The van der Waals surface area contributed by atoms with Crippen LogP contribution in [0.1, 0.15) is 50.4 Å². The Morgan fingerprint density at radius 2 is 1.67 bits per heavy atom. The maximum absolute atomic E-state index is 12.9. The SMILES string of the molecule is CC(C)NS(=O)(=O)Cc1ccccc1CNC(=O)N1CC(C)(C)C1c1ccccc1. The van der Waals surface area contributed by atoms with Crippen LogP contribution in [0, 0.1) is 5.41 Å². The molecule has 0 aliphatic carbocycles. The molecule has 0 aromatic heterocycles. The Labute approximate surface area is 179 Å². The van der Waals surface area contributed by atoms with Crippen LogP contribution in [-0.4, -0.2) is 31.9 Å². The Bertz CT molecular complexity index is 988. The number of sulfonamides is 1. The highest BCUT2D eigenvalue weighted by atomic mass is 32.2. The molecule has 2 aromatic carbocycles. The zero-order valence-electron chi connectivity index (χ0n) is 18.1. The number of benzene rings is 2. The van der Waals surface area contributed by atoms with Gasteiger partial charge in [0.1, 0.15) is 0 Å². The first-order valence-electron chi connectivity index (χ1n) is 10.3. The van der Waals surface area contributed by atoms with Crippen molar-refractivity contribution in [1.82, 2.24) is 14.9 Å². The van der Waals surface area contributed by atoms with Gasteiger partial charge in [0, 0.05) is 24.5 Å². The molecule has 7 heteroatoms. The second kappa shape index (κ2) is 8.78. The average Bonchev–Trinajstić information content (AvgIpc) is 2.65. The number of rotatable bonds is 7. The van der Waals surface area contributed by atoms with E-state index in [1.165, 1.54) is 0 Å². The van der Waals surface area contributed by atoms with Gasteiger partial charge in [-0.15, -0.1) is 0 Å². The largest absolute Gasteiger partial charge is 0.334 e. The van der Waals surface area contributed by atoms with E-state index in [2.05, 4.69) is 23.9 Å². The molecular weight excluding hydrogens is 398 g/mol. The Hall–Kier alpha value is -2.38. The van der Waals surface area contributed by atoms with Crippen LogP contribution in [-0.2, 0) is 22.3 Å². The van der Waals surface area contributed by atoms with Gasteiger partial charge >= 0.3 is 6.03 Å². The number of carbonyl (C=O) groups is 1. The average molecular weight is 430 g/mol. The maximum atomic E-state index is 12.9. The molecule has 0 spiro atoms. The number of likely N-dealkylation sites (tertiary alicyclic amines) is 1. The van der Waals surface area contributed by atoms with E-state index < -0.39 is 10.0 Å². The van der Waals surface area contributed by atoms with Gasteiger partial charge in [0.2, 0.25) is 10.0 Å². The summed E-state index contributed by atoms with van der Waals surface area (Å²) in [5, 5.41) is 2.98. The molecule has 6 nitrogen and oxygen atoms in total. The van der Waals surface area contributed by atoms with Crippen LogP contribution >= 0.6 is 0 Å². The van der Waals surface area contributed by atoms with Crippen LogP contribution in [0.3, 0.4) is 0 Å².